The van der Waals surface area contributed by atoms with Crippen molar-refractivity contribution >= 4 is 17.8 Å². The van der Waals surface area contributed by atoms with Crippen molar-refractivity contribution in [3.05, 3.63) is 65.2 Å². The summed E-state index contributed by atoms with van der Waals surface area (Å²) in [5.41, 5.74) is 2.12. The number of rotatable bonds is 8. The van der Waals surface area contributed by atoms with Gasteiger partial charge in [-0.3, -0.25) is 9.59 Å². The molecule has 0 saturated carbocycles. The number of phenolic OH excluding ortho intramolecular Hbond substituents is 1. The first kappa shape index (κ1) is 22.7. The van der Waals surface area contributed by atoms with Crippen LogP contribution in [-0.2, 0) is 6.54 Å². The molecule has 2 aromatic carbocycles. The van der Waals surface area contributed by atoms with Gasteiger partial charge in [0.1, 0.15) is 5.75 Å². The van der Waals surface area contributed by atoms with E-state index < -0.39 is 0 Å². The molecule has 0 spiro atoms. The molecular weight excluding hydrogens is 382 g/mol. The Hall–Kier alpha value is -3.55. The van der Waals surface area contributed by atoms with Crippen LogP contribution in [0, 0.1) is 0 Å². The van der Waals surface area contributed by atoms with E-state index in [0.717, 1.165) is 5.56 Å². The summed E-state index contributed by atoms with van der Waals surface area (Å²) < 4.78 is 0. The molecule has 0 bridgehead atoms. The fourth-order valence-corrected chi connectivity index (χ4v) is 2.59. The standard InChI is InChI=1S/C22H29N5O3/c1-4-23-22(25-14-13-24-20(29)17-9-11-19(28)12-10-17)26-15-16-5-7-18(8-6-16)21(30)27(2)3/h5-12,28H,4,13-15H2,1-3H3,(H,24,29)(H2,23,25,26). The van der Waals surface area contributed by atoms with Crippen LogP contribution in [0.5, 0.6) is 5.75 Å². The van der Waals surface area contributed by atoms with Crippen molar-refractivity contribution in [3.8, 4) is 5.75 Å². The Morgan fingerprint density at radius 3 is 2.10 bits per heavy atom. The molecule has 0 fully saturated rings. The van der Waals surface area contributed by atoms with Crippen LogP contribution in [0.2, 0.25) is 0 Å². The van der Waals surface area contributed by atoms with Crippen LogP contribution >= 0.6 is 0 Å². The lowest BCUT2D eigenvalue weighted by atomic mass is 10.1. The van der Waals surface area contributed by atoms with E-state index in [0.29, 0.717) is 43.3 Å². The van der Waals surface area contributed by atoms with Crippen LogP contribution in [0.4, 0.5) is 0 Å². The molecular formula is C22H29N5O3. The summed E-state index contributed by atoms with van der Waals surface area (Å²) >= 11 is 0. The predicted octanol–water partition coefficient (Wildman–Crippen LogP) is 1.58. The van der Waals surface area contributed by atoms with Crippen LogP contribution in [0.3, 0.4) is 0 Å². The Balaban J connectivity index is 1.83. The van der Waals surface area contributed by atoms with Crippen LogP contribution < -0.4 is 16.0 Å². The number of hydrogen-bond acceptors (Lipinski definition) is 4. The summed E-state index contributed by atoms with van der Waals surface area (Å²) in [7, 11) is 3.45. The molecule has 0 aliphatic heterocycles. The highest BCUT2D eigenvalue weighted by atomic mass is 16.3. The van der Waals surface area contributed by atoms with Gasteiger partial charge in [0.2, 0.25) is 0 Å². The Morgan fingerprint density at radius 2 is 1.50 bits per heavy atom. The molecule has 2 amide bonds. The third kappa shape index (κ3) is 7.12. The predicted molar refractivity (Wildman–Crippen MR) is 118 cm³/mol. The van der Waals surface area contributed by atoms with Gasteiger partial charge in [0.25, 0.3) is 11.8 Å². The minimum absolute atomic E-state index is 0.0330. The van der Waals surface area contributed by atoms with Crippen molar-refractivity contribution < 1.29 is 14.7 Å². The van der Waals surface area contributed by atoms with E-state index in [1.165, 1.54) is 12.1 Å². The maximum absolute atomic E-state index is 12.1. The molecule has 8 heteroatoms. The molecule has 2 aromatic rings. The third-order valence-corrected chi connectivity index (χ3v) is 4.20. The SMILES string of the molecule is CCNC(=NCc1ccc(C(=O)N(C)C)cc1)NCCNC(=O)c1ccc(O)cc1. The molecule has 0 aliphatic rings. The number of carbonyl (C=O) groups excluding carboxylic acids is 2. The Labute approximate surface area is 177 Å². The Morgan fingerprint density at radius 1 is 0.900 bits per heavy atom. The van der Waals surface area contributed by atoms with Crippen molar-refractivity contribution in [2.75, 3.05) is 33.7 Å². The molecule has 0 heterocycles. The second-order valence-corrected chi connectivity index (χ2v) is 6.82. The first-order valence-electron chi connectivity index (χ1n) is 9.80. The lowest BCUT2D eigenvalue weighted by molar-refractivity contribution is 0.0827. The maximum atomic E-state index is 12.1. The van der Waals surface area contributed by atoms with Crippen molar-refractivity contribution in [3.63, 3.8) is 0 Å². The van der Waals surface area contributed by atoms with E-state index in [9.17, 15) is 14.7 Å². The number of carbonyl (C=O) groups is 2. The molecule has 2 rings (SSSR count). The van der Waals surface area contributed by atoms with E-state index >= 15 is 0 Å². The molecule has 160 valence electrons. The van der Waals surface area contributed by atoms with E-state index in [1.54, 1.807) is 43.3 Å². The summed E-state index contributed by atoms with van der Waals surface area (Å²) in [6.45, 7) is 4.08. The van der Waals surface area contributed by atoms with Crippen molar-refractivity contribution in [1.29, 1.82) is 0 Å². The number of hydrogen-bond donors (Lipinski definition) is 4. The van der Waals surface area contributed by atoms with Gasteiger partial charge in [-0.05, 0) is 48.9 Å². The normalized spacial score (nSPS) is 11.0. The summed E-state index contributed by atoms with van der Waals surface area (Å²) in [5, 5.41) is 18.4. The van der Waals surface area contributed by atoms with E-state index in [4.69, 9.17) is 0 Å². The van der Waals surface area contributed by atoms with Gasteiger partial charge in [0.15, 0.2) is 5.96 Å². The number of phenols is 1. The van der Waals surface area contributed by atoms with E-state index in [2.05, 4.69) is 20.9 Å². The molecule has 30 heavy (non-hydrogen) atoms. The first-order valence-corrected chi connectivity index (χ1v) is 9.80. The molecule has 8 nitrogen and oxygen atoms in total. The van der Waals surface area contributed by atoms with Gasteiger partial charge in [0.05, 0.1) is 6.54 Å². The van der Waals surface area contributed by atoms with E-state index in [-0.39, 0.29) is 17.6 Å². The molecule has 0 radical (unpaired) electrons. The summed E-state index contributed by atoms with van der Waals surface area (Å²) in [4.78, 5) is 30.1. The third-order valence-electron chi connectivity index (χ3n) is 4.20. The van der Waals surface area contributed by atoms with Gasteiger partial charge in [0, 0.05) is 44.9 Å². The molecule has 0 saturated heterocycles. The topological polar surface area (TPSA) is 106 Å². The Kier molecular flexibility index (Phi) is 8.68. The van der Waals surface area contributed by atoms with Crippen LogP contribution in [-0.4, -0.2) is 61.5 Å². The number of amides is 2. The average Bonchev–Trinajstić information content (AvgIpc) is 2.75. The number of nitrogens with one attached hydrogen (secondary N) is 3. The fourth-order valence-electron chi connectivity index (χ4n) is 2.59. The van der Waals surface area contributed by atoms with Crippen LogP contribution in [0.25, 0.3) is 0 Å². The van der Waals surface area contributed by atoms with Crippen molar-refractivity contribution in [2.45, 2.75) is 13.5 Å². The van der Waals surface area contributed by atoms with Gasteiger partial charge >= 0.3 is 0 Å². The number of benzene rings is 2. The summed E-state index contributed by atoms with van der Waals surface area (Å²) in [5.74, 6) is 0.531. The first-order chi connectivity index (χ1) is 14.4. The second kappa shape index (κ2) is 11.5. The van der Waals surface area contributed by atoms with Crippen LogP contribution in [0.1, 0.15) is 33.2 Å². The summed E-state index contributed by atoms with van der Waals surface area (Å²) in [6, 6.07) is 13.5. The molecule has 0 atom stereocenters. The minimum atomic E-state index is -0.203. The zero-order chi connectivity index (χ0) is 21.9. The number of aliphatic imine (C=N–C) groups is 1. The monoisotopic (exact) mass is 411 g/mol. The zero-order valence-corrected chi connectivity index (χ0v) is 17.6. The van der Waals surface area contributed by atoms with Crippen molar-refractivity contribution in [1.82, 2.24) is 20.9 Å². The van der Waals surface area contributed by atoms with Gasteiger partial charge in [-0.2, -0.15) is 0 Å². The number of guanidine groups is 1. The van der Waals surface area contributed by atoms with Gasteiger partial charge < -0.3 is 26.0 Å². The van der Waals surface area contributed by atoms with Gasteiger partial charge in [-0.15, -0.1) is 0 Å². The number of aromatic hydroxyl groups is 1. The highest BCUT2D eigenvalue weighted by Gasteiger charge is 2.07. The van der Waals surface area contributed by atoms with Crippen molar-refractivity contribution in [2.24, 2.45) is 4.99 Å². The van der Waals surface area contributed by atoms with E-state index in [1.807, 2.05) is 19.1 Å². The highest BCUT2D eigenvalue weighted by Crippen LogP contribution is 2.09. The molecule has 4 N–H and O–H groups in total. The molecule has 0 aliphatic carbocycles. The smallest absolute Gasteiger partial charge is 0.253 e. The lowest BCUT2D eigenvalue weighted by Crippen LogP contribution is -2.41. The maximum Gasteiger partial charge on any atom is 0.253 e. The largest absolute Gasteiger partial charge is 0.508 e. The van der Waals surface area contributed by atoms with Crippen LogP contribution in [0.15, 0.2) is 53.5 Å². The average molecular weight is 412 g/mol. The lowest BCUT2D eigenvalue weighted by Gasteiger charge is -2.12. The quantitative estimate of drug-likeness (QED) is 0.300. The second-order valence-electron chi connectivity index (χ2n) is 6.82. The highest BCUT2D eigenvalue weighted by molar-refractivity contribution is 5.94. The van der Waals surface area contributed by atoms with Gasteiger partial charge in [-0.1, -0.05) is 12.1 Å². The fraction of sp³-hybridized carbons (Fsp3) is 0.318. The Bertz CT molecular complexity index is 861. The minimum Gasteiger partial charge on any atom is -0.508 e. The molecule has 0 aromatic heterocycles. The van der Waals surface area contributed by atoms with Gasteiger partial charge in [-0.25, -0.2) is 4.99 Å². The number of nitrogens with zero attached hydrogens (tertiary/aromatic N) is 2. The summed E-state index contributed by atoms with van der Waals surface area (Å²) in [6.07, 6.45) is 0. The zero-order valence-electron chi connectivity index (χ0n) is 17.6. The molecule has 0 unspecified atom stereocenters.